The van der Waals surface area contributed by atoms with Crippen molar-refractivity contribution in [1.29, 1.82) is 0 Å². The largest absolute Gasteiger partial charge is 0.481 e. The number of amides is 1. The summed E-state index contributed by atoms with van der Waals surface area (Å²) in [6, 6.07) is 5.34. The number of nitrogens with one attached hydrogen (secondary N) is 1. The number of carbonyl (C=O) groups excluding carboxylic acids is 1. The number of carbonyl (C=O) groups is 2. The SMILES string of the molecule is CC(=O)NC(CC(=O)O)c1cc(C)cc(C)c1. The van der Waals surface area contributed by atoms with Gasteiger partial charge in [-0.15, -0.1) is 0 Å². The molecule has 1 aromatic carbocycles. The highest BCUT2D eigenvalue weighted by Gasteiger charge is 2.16. The molecular weight excluding hydrogens is 218 g/mol. The molecule has 0 saturated carbocycles. The van der Waals surface area contributed by atoms with E-state index in [9.17, 15) is 9.59 Å². The lowest BCUT2D eigenvalue weighted by Crippen LogP contribution is -2.28. The van der Waals surface area contributed by atoms with E-state index in [4.69, 9.17) is 5.11 Å². The standard InChI is InChI=1S/C13H17NO3/c1-8-4-9(2)6-11(5-8)12(7-13(16)17)14-10(3)15/h4-6,12H,7H2,1-3H3,(H,14,15)(H,16,17). The molecule has 0 fully saturated rings. The van der Waals surface area contributed by atoms with E-state index >= 15 is 0 Å². The first-order valence-electron chi connectivity index (χ1n) is 5.45. The molecule has 4 nitrogen and oxygen atoms in total. The zero-order valence-corrected chi connectivity index (χ0v) is 10.3. The molecule has 17 heavy (non-hydrogen) atoms. The topological polar surface area (TPSA) is 66.4 Å². The number of aryl methyl sites for hydroxylation is 2. The molecule has 4 heteroatoms. The fraction of sp³-hybridized carbons (Fsp3) is 0.385. The maximum atomic E-state index is 11.1. The quantitative estimate of drug-likeness (QED) is 0.838. The zero-order chi connectivity index (χ0) is 13.0. The summed E-state index contributed by atoms with van der Waals surface area (Å²) in [5.74, 6) is -1.15. The second kappa shape index (κ2) is 5.48. The van der Waals surface area contributed by atoms with Crippen LogP contribution in [0.3, 0.4) is 0 Å². The summed E-state index contributed by atoms with van der Waals surface area (Å²) < 4.78 is 0. The second-order valence-corrected chi connectivity index (χ2v) is 4.27. The van der Waals surface area contributed by atoms with Gasteiger partial charge >= 0.3 is 5.97 Å². The number of carboxylic acid groups (broad SMARTS) is 1. The highest BCUT2D eigenvalue weighted by atomic mass is 16.4. The molecule has 0 aliphatic rings. The Labute approximate surface area is 101 Å². The molecule has 0 aliphatic carbocycles. The van der Waals surface area contributed by atoms with Crippen molar-refractivity contribution in [3.05, 3.63) is 34.9 Å². The van der Waals surface area contributed by atoms with Crippen LogP contribution in [0.4, 0.5) is 0 Å². The van der Waals surface area contributed by atoms with Gasteiger partial charge in [0.15, 0.2) is 0 Å². The lowest BCUT2D eigenvalue weighted by Gasteiger charge is -2.17. The van der Waals surface area contributed by atoms with Crippen LogP contribution in [0, 0.1) is 13.8 Å². The van der Waals surface area contributed by atoms with Crippen LogP contribution in [0.25, 0.3) is 0 Å². The molecule has 0 spiro atoms. The van der Waals surface area contributed by atoms with Crippen LogP contribution in [-0.4, -0.2) is 17.0 Å². The highest BCUT2D eigenvalue weighted by Crippen LogP contribution is 2.20. The highest BCUT2D eigenvalue weighted by molar-refractivity contribution is 5.75. The van der Waals surface area contributed by atoms with Gasteiger partial charge in [0.2, 0.25) is 5.91 Å². The van der Waals surface area contributed by atoms with E-state index in [1.807, 2.05) is 32.0 Å². The van der Waals surface area contributed by atoms with E-state index < -0.39 is 12.0 Å². The minimum Gasteiger partial charge on any atom is -0.481 e. The van der Waals surface area contributed by atoms with Crippen LogP contribution in [0.2, 0.25) is 0 Å². The van der Waals surface area contributed by atoms with Crippen molar-refractivity contribution in [3.8, 4) is 0 Å². The fourth-order valence-corrected chi connectivity index (χ4v) is 1.88. The maximum Gasteiger partial charge on any atom is 0.305 e. The predicted octanol–water partition coefficient (Wildman–Crippen LogP) is 1.96. The molecule has 1 aromatic rings. The van der Waals surface area contributed by atoms with Crippen LogP contribution >= 0.6 is 0 Å². The lowest BCUT2D eigenvalue weighted by atomic mass is 9.99. The average Bonchev–Trinajstić information content (AvgIpc) is 2.13. The summed E-state index contributed by atoms with van der Waals surface area (Å²) in [6.07, 6.45) is -0.109. The Morgan fingerprint density at radius 1 is 1.24 bits per heavy atom. The van der Waals surface area contributed by atoms with Crippen LogP contribution in [0.15, 0.2) is 18.2 Å². The molecule has 1 unspecified atom stereocenters. The molecule has 0 aliphatic heterocycles. The molecule has 2 N–H and O–H groups in total. The third kappa shape index (κ3) is 4.26. The minimum atomic E-state index is -0.928. The van der Waals surface area contributed by atoms with Crippen LogP contribution in [-0.2, 0) is 9.59 Å². The normalized spacial score (nSPS) is 11.9. The Morgan fingerprint density at radius 3 is 2.18 bits per heavy atom. The summed E-state index contributed by atoms with van der Waals surface area (Å²) in [5.41, 5.74) is 2.95. The van der Waals surface area contributed by atoms with Gasteiger partial charge in [-0.25, -0.2) is 0 Å². The van der Waals surface area contributed by atoms with E-state index in [0.717, 1.165) is 16.7 Å². The number of aliphatic carboxylic acids is 1. The Morgan fingerprint density at radius 2 is 1.76 bits per heavy atom. The molecule has 92 valence electrons. The van der Waals surface area contributed by atoms with Gasteiger partial charge in [0.1, 0.15) is 0 Å². The summed E-state index contributed by atoms with van der Waals surface area (Å²) in [4.78, 5) is 21.9. The maximum absolute atomic E-state index is 11.1. The van der Waals surface area contributed by atoms with Crippen molar-refractivity contribution >= 4 is 11.9 Å². The van der Waals surface area contributed by atoms with E-state index in [1.165, 1.54) is 6.92 Å². The van der Waals surface area contributed by atoms with Gasteiger partial charge in [-0.1, -0.05) is 29.3 Å². The molecular formula is C13H17NO3. The van der Waals surface area contributed by atoms with Crippen molar-refractivity contribution < 1.29 is 14.7 Å². The summed E-state index contributed by atoms with van der Waals surface area (Å²) >= 11 is 0. The first kappa shape index (κ1) is 13.2. The third-order valence-electron chi connectivity index (χ3n) is 2.40. The summed E-state index contributed by atoms with van der Waals surface area (Å²) in [7, 11) is 0. The Bertz CT molecular complexity index is 404. The fourth-order valence-electron chi connectivity index (χ4n) is 1.88. The van der Waals surface area contributed by atoms with Gasteiger partial charge in [-0.05, 0) is 19.4 Å². The molecule has 1 atom stereocenters. The Kier molecular flexibility index (Phi) is 4.26. The third-order valence-corrected chi connectivity index (χ3v) is 2.40. The minimum absolute atomic E-state index is 0.109. The molecule has 0 saturated heterocycles. The average molecular weight is 235 g/mol. The number of hydrogen-bond acceptors (Lipinski definition) is 2. The smallest absolute Gasteiger partial charge is 0.305 e. The molecule has 0 radical (unpaired) electrons. The van der Waals surface area contributed by atoms with Crippen LogP contribution in [0.1, 0.15) is 36.1 Å². The van der Waals surface area contributed by atoms with Gasteiger partial charge in [0.05, 0.1) is 12.5 Å². The molecule has 1 amide bonds. The van der Waals surface area contributed by atoms with E-state index in [2.05, 4.69) is 5.32 Å². The molecule has 1 rings (SSSR count). The van der Waals surface area contributed by atoms with Crippen LogP contribution in [0.5, 0.6) is 0 Å². The van der Waals surface area contributed by atoms with Crippen molar-refractivity contribution in [2.24, 2.45) is 0 Å². The second-order valence-electron chi connectivity index (χ2n) is 4.27. The van der Waals surface area contributed by atoms with E-state index in [1.54, 1.807) is 0 Å². The molecule has 0 aromatic heterocycles. The number of carboxylic acids is 1. The van der Waals surface area contributed by atoms with Crippen molar-refractivity contribution in [3.63, 3.8) is 0 Å². The van der Waals surface area contributed by atoms with Gasteiger partial charge in [-0.3, -0.25) is 9.59 Å². The Hall–Kier alpha value is -1.84. The number of hydrogen-bond donors (Lipinski definition) is 2. The van der Waals surface area contributed by atoms with Crippen LogP contribution < -0.4 is 5.32 Å². The first-order valence-corrected chi connectivity index (χ1v) is 5.45. The van der Waals surface area contributed by atoms with Gasteiger partial charge in [-0.2, -0.15) is 0 Å². The van der Waals surface area contributed by atoms with Crippen molar-refractivity contribution in [1.82, 2.24) is 5.32 Å². The first-order chi connectivity index (χ1) is 7.88. The summed E-state index contributed by atoms with van der Waals surface area (Å²) in [5, 5.41) is 11.5. The van der Waals surface area contributed by atoms with Gasteiger partial charge < -0.3 is 10.4 Å². The monoisotopic (exact) mass is 235 g/mol. The van der Waals surface area contributed by atoms with Gasteiger partial charge in [0, 0.05) is 6.92 Å². The lowest BCUT2D eigenvalue weighted by molar-refractivity contribution is -0.137. The number of rotatable bonds is 4. The molecule has 0 bridgehead atoms. The Balaban J connectivity index is 3.02. The van der Waals surface area contributed by atoms with Crippen molar-refractivity contribution in [2.45, 2.75) is 33.2 Å². The van der Waals surface area contributed by atoms with E-state index in [0.29, 0.717) is 0 Å². The van der Waals surface area contributed by atoms with E-state index in [-0.39, 0.29) is 12.3 Å². The molecule has 0 heterocycles. The summed E-state index contributed by atoms with van der Waals surface area (Å²) in [6.45, 7) is 5.28. The van der Waals surface area contributed by atoms with Crippen molar-refractivity contribution in [2.75, 3.05) is 0 Å². The number of benzene rings is 1. The predicted molar refractivity (Wildman–Crippen MR) is 64.7 cm³/mol. The zero-order valence-electron chi connectivity index (χ0n) is 10.3. The van der Waals surface area contributed by atoms with Gasteiger partial charge in [0.25, 0.3) is 0 Å².